The average Bonchev–Trinajstić information content (AvgIpc) is 2.73. The van der Waals surface area contributed by atoms with Crippen molar-refractivity contribution in [1.82, 2.24) is 0 Å². The van der Waals surface area contributed by atoms with Crippen LogP contribution in [0.3, 0.4) is 0 Å². The Morgan fingerprint density at radius 1 is 1.53 bits per heavy atom. The minimum atomic E-state index is -0.819. The number of hydrogen-bond donors (Lipinski definition) is 0. The van der Waals surface area contributed by atoms with Crippen LogP contribution in [0.2, 0.25) is 0 Å². The maximum absolute atomic E-state index is 13.5. The van der Waals surface area contributed by atoms with Gasteiger partial charge in [-0.25, -0.2) is 0 Å². The summed E-state index contributed by atoms with van der Waals surface area (Å²) >= 11 is 4.90. The van der Waals surface area contributed by atoms with Gasteiger partial charge in [0.1, 0.15) is 5.69 Å². The Morgan fingerprint density at radius 2 is 2.26 bits per heavy atom. The third-order valence-corrected chi connectivity index (χ3v) is 4.15. The second-order valence-corrected chi connectivity index (χ2v) is 6.27. The summed E-state index contributed by atoms with van der Waals surface area (Å²) < 4.78 is 14.5. The van der Waals surface area contributed by atoms with Gasteiger partial charge in [-0.05, 0) is 45.1 Å². The molecule has 0 unspecified atom stereocenters. The molecule has 2 rings (SSSR count). The largest absolute Gasteiger partial charge is 0.365 e. The molecule has 2 aromatic rings. The number of halogens is 2. The summed E-state index contributed by atoms with van der Waals surface area (Å²) in [6.07, 6.45) is 0. The van der Waals surface area contributed by atoms with Crippen molar-refractivity contribution in [2.75, 3.05) is 11.9 Å². The van der Waals surface area contributed by atoms with Gasteiger partial charge in [-0.15, -0.1) is 11.3 Å². The van der Waals surface area contributed by atoms with E-state index in [0.717, 1.165) is 15.4 Å². The van der Waals surface area contributed by atoms with E-state index in [-0.39, 0.29) is 5.69 Å². The number of benzene rings is 1. The number of nitro benzene ring substituents is 1. The van der Waals surface area contributed by atoms with Crippen LogP contribution in [0, 0.1) is 15.9 Å². The Morgan fingerprint density at radius 3 is 2.84 bits per heavy atom. The van der Waals surface area contributed by atoms with E-state index < -0.39 is 16.4 Å². The minimum Gasteiger partial charge on any atom is -0.365 e. The summed E-state index contributed by atoms with van der Waals surface area (Å²) in [5.74, 6) is -0.819. The Labute approximate surface area is 121 Å². The molecule has 1 heterocycles. The zero-order chi connectivity index (χ0) is 14.0. The van der Waals surface area contributed by atoms with Crippen molar-refractivity contribution in [2.24, 2.45) is 0 Å². The van der Waals surface area contributed by atoms with E-state index in [1.165, 1.54) is 17.4 Å². The predicted octanol–water partition coefficient (Wildman–Crippen LogP) is 4.19. The number of para-hydroxylation sites is 1. The number of rotatable bonds is 4. The van der Waals surface area contributed by atoms with Gasteiger partial charge in [0.05, 0.1) is 8.71 Å². The van der Waals surface area contributed by atoms with Crippen LogP contribution in [0.4, 0.5) is 15.8 Å². The van der Waals surface area contributed by atoms with Gasteiger partial charge in [-0.3, -0.25) is 10.1 Å². The minimum absolute atomic E-state index is 0.271. The van der Waals surface area contributed by atoms with Crippen molar-refractivity contribution < 1.29 is 9.31 Å². The lowest BCUT2D eigenvalue weighted by molar-refractivity contribution is -0.386. The predicted molar refractivity (Wildman–Crippen MR) is 77.2 cm³/mol. The fourth-order valence-corrected chi connectivity index (χ4v) is 2.98. The van der Waals surface area contributed by atoms with Gasteiger partial charge in [0, 0.05) is 13.6 Å². The first-order valence-corrected chi connectivity index (χ1v) is 7.03. The molecule has 0 N–H and O–H groups in total. The Hall–Kier alpha value is -1.47. The molecule has 0 saturated carbocycles. The lowest BCUT2D eigenvalue weighted by Crippen LogP contribution is -2.17. The number of nitrogens with zero attached hydrogens (tertiary/aromatic N) is 2. The summed E-state index contributed by atoms with van der Waals surface area (Å²) in [4.78, 5) is 11.9. The molecule has 0 aliphatic rings. The monoisotopic (exact) mass is 344 g/mol. The highest BCUT2D eigenvalue weighted by Crippen LogP contribution is 2.31. The second-order valence-electron chi connectivity index (χ2n) is 3.98. The molecule has 0 amide bonds. The van der Waals surface area contributed by atoms with Crippen LogP contribution in [-0.2, 0) is 6.54 Å². The van der Waals surface area contributed by atoms with Crippen molar-refractivity contribution in [3.8, 4) is 0 Å². The second kappa shape index (κ2) is 5.66. The van der Waals surface area contributed by atoms with Crippen LogP contribution in [0.5, 0.6) is 0 Å². The van der Waals surface area contributed by atoms with Crippen molar-refractivity contribution in [3.63, 3.8) is 0 Å². The van der Waals surface area contributed by atoms with E-state index in [4.69, 9.17) is 0 Å². The maximum atomic E-state index is 13.5. The van der Waals surface area contributed by atoms with Crippen LogP contribution < -0.4 is 4.90 Å². The first-order valence-electron chi connectivity index (χ1n) is 5.36. The zero-order valence-corrected chi connectivity index (χ0v) is 12.4. The quantitative estimate of drug-likeness (QED) is 0.616. The van der Waals surface area contributed by atoms with Gasteiger partial charge >= 0.3 is 5.69 Å². The molecule has 1 aromatic heterocycles. The highest BCUT2D eigenvalue weighted by Gasteiger charge is 2.22. The normalized spacial score (nSPS) is 10.5. The standard InChI is InChI=1S/C12H10BrFN2O2S/c1-15(6-8-5-11(13)19-7-8)10-4-2-3-9(14)12(10)16(17)18/h2-5,7H,6H2,1H3. The Kier molecular flexibility index (Phi) is 4.16. The molecule has 100 valence electrons. The highest BCUT2D eigenvalue weighted by atomic mass is 79.9. The van der Waals surface area contributed by atoms with Crippen LogP contribution in [0.25, 0.3) is 0 Å². The third kappa shape index (κ3) is 3.10. The summed E-state index contributed by atoms with van der Waals surface area (Å²) in [6, 6.07) is 6.04. The third-order valence-electron chi connectivity index (χ3n) is 2.60. The molecular weight excluding hydrogens is 335 g/mol. The van der Waals surface area contributed by atoms with Crippen LogP contribution >= 0.6 is 27.3 Å². The van der Waals surface area contributed by atoms with Crippen LogP contribution in [0.1, 0.15) is 5.56 Å². The van der Waals surface area contributed by atoms with Crippen molar-refractivity contribution in [2.45, 2.75) is 6.54 Å². The molecule has 0 aliphatic heterocycles. The molecule has 0 fully saturated rings. The molecule has 0 radical (unpaired) electrons. The molecular formula is C12H10BrFN2O2S. The van der Waals surface area contributed by atoms with Crippen LogP contribution in [-0.4, -0.2) is 12.0 Å². The van der Waals surface area contributed by atoms with E-state index in [2.05, 4.69) is 15.9 Å². The van der Waals surface area contributed by atoms with Gasteiger partial charge < -0.3 is 4.90 Å². The Balaban J connectivity index is 2.31. The van der Waals surface area contributed by atoms with Gasteiger partial charge in [0.2, 0.25) is 5.82 Å². The first kappa shape index (κ1) is 14.0. The van der Waals surface area contributed by atoms with Gasteiger partial charge in [0.25, 0.3) is 0 Å². The van der Waals surface area contributed by atoms with Gasteiger partial charge in [-0.1, -0.05) is 6.07 Å². The lowest BCUT2D eigenvalue weighted by Gasteiger charge is -2.18. The molecule has 4 nitrogen and oxygen atoms in total. The summed E-state index contributed by atoms with van der Waals surface area (Å²) in [5, 5.41) is 12.9. The van der Waals surface area contributed by atoms with Gasteiger partial charge in [0.15, 0.2) is 0 Å². The summed E-state index contributed by atoms with van der Waals surface area (Å²) in [7, 11) is 1.70. The fraction of sp³-hybridized carbons (Fsp3) is 0.167. The average molecular weight is 345 g/mol. The topological polar surface area (TPSA) is 46.4 Å². The van der Waals surface area contributed by atoms with E-state index in [9.17, 15) is 14.5 Å². The molecule has 0 saturated heterocycles. The van der Waals surface area contributed by atoms with E-state index in [1.54, 1.807) is 18.0 Å². The molecule has 7 heteroatoms. The van der Waals surface area contributed by atoms with Crippen molar-refractivity contribution in [1.29, 1.82) is 0 Å². The van der Waals surface area contributed by atoms with Crippen LogP contribution in [0.15, 0.2) is 33.4 Å². The summed E-state index contributed by atoms with van der Waals surface area (Å²) in [5.41, 5.74) is 0.796. The Bertz CT molecular complexity index is 618. The molecule has 0 spiro atoms. The van der Waals surface area contributed by atoms with E-state index in [0.29, 0.717) is 6.54 Å². The molecule has 19 heavy (non-hydrogen) atoms. The number of nitro groups is 1. The van der Waals surface area contributed by atoms with Crippen molar-refractivity contribution in [3.05, 3.63) is 54.9 Å². The molecule has 0 bridgehead atoms. The maximum Gasteiger partial charge on any atom is 0.327 e. The lowest BCUT2D eigenvalue weighted by atomic mass is 10.2. The number of thiophene rings is 1. The smallest absolute Gasteiger partial charge is 0.327 e. The highest BCUT2D eigenvalue weighted by molar-refractivity contribution is 9.11. The number of hydrogen-bond acceptors (Lipinski definition) is 4. The molecule has 0 aliphatic carbocycles. The summed E-state index contributed by atoms with van der Waals surface area (Å²) in [6.45, 7) is 0.479. The SMILES string of the molecule is CN(Cc1csc(Br)c1)c1cccc(F)c1[N+](=O)[O-]. The number of anilines is 1. The van der Waals surface area contributed by atoms with Gasteiger partial charge in [-0.2, -0.15) is 4.39 Å². The van der Waals surface area contributed by atoms with E-state index in [1.807, 2.05) is 11.4 Å². The van der Waals surface area contributed by atoms with Crippen molar-refractivity contribution >= 4 is 38.6 Å². The first-order chi connectivity index (χ1) is 8.99. The molecule has 0 atom stereocenters. The zero-order valence-electron chi connectivity index (χ0n) is 9.97. The fourth-order valence-electron chi connectivity index (χ4n) is 1.78. The molecule has 1 aromatic carbocycles. The van der Waals surface area contributed by atoms with E-state index >= 15 is 0 Å².